The van der Waals surface area contributed by atoms with Crippen molar-refractivity contribution in [3.8, 4) is 0 Å². The summed E-state index contributed by atoms with van der Waals surface area (Å²) >= 11 is 0. The van der Waals surface area contributed by atoms with Crippen LogP contribution in [0.15, 0.2) is 24.3 Å². The lowest BCUT2D eigenvalue weighted by molar-refractivity contribution is -0.903. The second-order valence-corrected chi connectivity index (χ2v) is 7.89. The van der Waals surface area contributed by atoms with Crippen molar-refractivity contribution in [1.82, 2.24) is 4.90 Å². The van der Waals surface area contributed by atoms with Gasteiger partial charge in [-0.1, -0.05) is 24.3 Å². The molecule has 0 aliphatic heterocycles. The minimum atomic E-state index is -1.26. The quantitative estimate of drug-likeness (QED) is 0.482. The zero-order chi connectivity index (χ0) is 19.1. The number of hydrogen-bond acceptors (Lipinski definition) is 5. The molecule has 0 aliphatic carbocycles. The summed E-state index contributed by atoms with van der Waals surface area (Å²) < 4.78 is 6.11. The van der Waals surface area contributed by atoms with Crippen molar-refractivity contribution in [2.45, 2.75) is 20.1 Å². The summed E-state index contributed by atoms with van der Waals surface area (Å²) in [5.41, 5.74) is 0.858. The Balaban J connectivity index is 2.58. The maximum Gasteiger partial charge on any atom is 0.316 e. The molecule has 1 aromatic carbocycles. The first kappa shape index (κ1) is 21.6. The fraction of sp³-hybridized carbons (Fsp3) is 0.632. The molecule has 142 valence electrons. The van der Waals surface area contributed by atoms with E-state index in [2.05, 4.69) is 45.2 Å². The van der Waals surface area contributed by atoms with Gasteiger partial charge in [-0.25, -0.2) is 0 Å². The highest BCUT2D eigenvalue weighted by Crippen LogP contribution is 2.18. The van der Waals surface area contributed by atoms with E-state index in [0.717, 1.165) is 29.7 Å². The number of carbonyl (C=O) groups is 1. The van der Waals surface area contributed by atoms with Crippen molar-refractivity contribution < 1.29 is 24.2 Å². The standard InChI is InChI=1S/C19H33N2O4/c1-19(14-22,15-23)18(24)25-13-17-8-6-16(7-9-17)12-21(4,5)11-10-20(2)3/h6-9,22-23H,10-15H2,1-5H3/q+1. The number of carbonyl (C=O) groups excluding carboxylic acids is 1. The zero-order valence-corrected chi connectivity index (χ0v) is 16.2. The van der Waals surface area contributed by atoms with E-state index < -0.39 is 24.6 Å². The van der Waals surface area contributed by atoms with Crippen molar-refractivity contribution in [3.63, 3.8) is 0 Å². The normalized spacial score (nSPS) is 12.5. The highest BCUT2D eigenvalue weighted by Gasteiger charge is 2.33. The van der Waals surface area contributed by atoms with Gasteiger partial charge in [-0.2, -0.15) is 0 Å². The zero-order valence-electron chi connectivity index (χ0n) is 16.2. The van der Waals surface area contributed by atoms with Gasteiger partial charge in [-0.3, -0.25) is 4.79 Å². The highest BCUT2D eigenvalue weighted by atomic mass is 16.5. The summed E-state index contributed by atoms with van der Waals surface area (Å²) in [6, 6.07) is 8.00. The first-order chi connectivity index (χ1) is 11.6. The Kier molecular flexibility index (Phi) is 8.02. The third-order valence-electron chi connectivity index (χ3n) is 4.35. The second-order valence-electron chi connectivity index (χ2n) is 7.89. The van der Waals surface area contributed by atoms with Crippen LogP contribution in [0.5, 0.6) is 0 Å². The van der Waals surface area contributed by atoms with Crippen LogP contribution in [-0.4, -0.2) is 80.1 Å². The van der Waals surface area contributed by atoms with Crippen molar-refractivity contribution >= 4 is 5.97 Å². The van der Waals surface area contributed by atoms with Crippen LogP contribution in [0.4, 0.5) is 0 Å². The van der Waals surface area contributed by atoms with E-state index >= 15 is 0 Å². The number of hydrogen-bond donors (Lipinski definition) is 2. The molecular weight excluding hydrogens is 320 g/mol. The summed E-state index contributed by atoms with van der Waals surface area (Å²) in [6.07, 6.45) is 0. The molecule has 0 unspecified atom stereocenters. The Morgan fingerprint density at radius 3 is 2.12 bits per heavy atom. The predicted molar refractivity (Wildman–Crippen MR) is 97.8 cm³/mol. The van der Waals surface area contributed by atoms with E-state index in [-0.39, 0.29) is 6.61 Å². The highest BCUT2D eigenvalue weighted by molar-refractivity contribution is 5.76. The fourth-order valence-electron chi connectivity index (χ4n) is 2.29. The van der Waals surface area contributed by atoms with Gasteiger partial charge in [0, 0.05) is 12.1 Å². The van der Waals surface area contributed by atoms with Gasteiger partial charge in [0.15, 0.2) is 0 Å². The molecule has 0 radical (unpaired) electrons. The van der Waals surface area contributed by atoms with E-state index in [4.69, 9.17) is 4.74 Å². The third kappa shape index (κ3) is 7.12. The largest absolute Gasteiger partial charge is 0.460 e. The molecule has 1 rings (SSSR count). The van der Waals surface area contributed by atoms with Gasteiger partial charge >= 0.3 is 5.97 Å². The molecule has 6 nitrogen and oxygen atoms in total. The molecule has 0 bridgehead atoms. The molecule has 25 heavy (non-hydrogen) atoms. The number of likely N-dealkylation sites (N-methyl/N-ethyl adjacent to an activating group) is 2. The molecule has 0 heterocycles. The molecule has 0 aliphatic rings. The number of quaternary nitrogens is 1. The van der Waals surface area contributed by atoms with Crippen molar-refractivity contribution in [1.29, 1.82) is 0 Å². The Bertz CT molecular complexity index is 537. The monoisotopic (exact) mass is 353 g/mol. The van der Waals surface area contributed by atoms with Gasteiger partial charge < -0.3 is 24.3 Å². The fourth-order valence-corrected chi connectivity index (χ4v) is 2.29. The number of rotatable bonds is 10. The SMILES string of the molecule is CN(C)CC[N+](C)(C)Cc1ccc(COC(=O)C(C)(CO)CO)cc1. The Hall–Kier alpha value is -1.47. The van der Waals surface area contributed by atoms with E-state index in [0.29, 0.717) is 0 Å². The van der Waals surface area contributed by atoms with Gasteiger partial charge in [-0.15, -0.1) is 0 Å². The molecule has 0 saturated heterocycles. The summed E-state index contributed by atoms with van der Waals surface area (Å²) in [5, 5.41) is 18.4. The number of aliphatic hydroxyl groups excluding tert-OH is 2. The third-order valence-corrected chi connectivity index (χ3v) is 4.35. The number of ether oxygens (including phenoxy) is 1. The van der Waals surface area contributed by atoms with Crippen LogP contribution in [0.3, 0.4) is 0 Å². The molecule has 0 atom stereocenters. The van der Waals surface area contributed by atoms with Crippen LogP contribution in [-0.2, 0) is 22.7 Å². The van der Waals surface area contributed by atoms with E-state index in [1.165, 1.54) is 12.5 Å². The predicted octanol–water partition coefficient (Wildman–Crippen LogP) is 0.859. The maximum absolute atomic E-state index is 11.9. The molecule has 0 fully saturated rings. The lowest BCUT2D eigenvalue weighted by Gasteiger charge is -2.31. The summed E-state index contributed by atoms with van der Waals surface area (Å²) in [6.45, 7) is 3.76. The van der Waals surface area contributed by atoms with Crippen LogP contribution in [0, 0.1) is 5.41 Å². The summed E-state index contributed by atoms with van der Waals surface area (Å²) in [4.78, 5) is 14.1. The van der Waals surface area contributed by atoms with Crippen molar-refractivity contribution in [2.24, 2.45) is 5.41 Å². The smallest absolute Gasteiger partial charge is 0.316 e. The molecule has 0 spiro atoms. The van der Waals surface area contributed by atoms with Gasteiger partial charge in [0.1, 0.15) is 18.6 Å². The van der Waals surface area contributed by atoms with E-state index in [9.17, 15) is 15.0 Å². The average Bonchev–Trinajstić information content (AvgIpc) is 2.58. The summed E-state index contributed by atoms with van der Waals surface area (Å²) in [5.74, 6) is -0.594. The van der Waals surface area contributed by atoms with Gasteiger partial charge in [-0.05, 0) is 26.6 Å². The minimum Gasteiger partial charge on any atom is -0.460 e. The average molecular weight is 353 g/mol. The minimum absolute atomic E-state index is 0.133. The molecule has 1 aromatic rings. The summed E-state index contributed by atoms with van der Waals surface area (Å²) in [7, 11) is 8.58. The number of esters is 1. The van der Waals surface area contributed by atoms with Crippen LogP contribution in [0.2, 0.25) is 0 Å². The Labute approximate surface area is 151 Å². The number of aliphatic hydroxyl groups is 2. The molecule has 0 aromatic heterocycles. The van der Waals surface area contributed by atoms with Crippen LogP contribution in [0.1, 0.15) is 18.1 Å². The number of benzene rings is 1. The maximum atomic E-state index is 11.9. The van der Waals surface area contributed by atoms with E-state index in [1.54, 1.807) is 0 Å². The second kappa shape index (κ2) is 9.29. The van der Waals surface area contributed by atoms with Crippen molar-refractivity contribution in [3.05, 3.63) is 35.4 Å². The van der Waals surface area contributed by atoms with Gasteiger partial charge in [0.05, 0.1) is 33.9 Å². The van der Waals surface area contributed by atoms with Crippen LogP contribution >= 0.6 is 0 Å². The molecule has 6 heteroatoms. The first-order valence-electron chi connectivity index (χ1n) is 8.55. The molecule has 2 N–H and O–H groups in total. The van der Waals surface area contributed by atoms with E-state index in [1.807, 2.05) is 12.1 Å². The molecule has 0 saturated carbocycles. The topological polar surface area (TPSA) is 70.0 Å². The van der Waals surface area contributed by atoms with Gasteiger partial charge in [0.2, 0.25) is 0 Å². The lowest BCUT2D eigenvalue weighted by atomic mass is 9.93. The lowest BCUT2D eigenvalue weighted by Crippen LogP contribution is -2.43. The Morgan fingerprint density at radius 2 is 1.64 bits per heavy atom. The molecular formula is C19H33N2O4+. The van der Waals surface area contributed by atoms with Crippen LogP contribution in [0.25, 0.3) is 0 Å². The van der Waals surface area contributed by atoms with Gasteiger partial charge in [0.25, 0.3) is 0 Å². The molecule has 0 amide bonds. The number of nitrogens with zero attached hydrogens (tertiary/aromatic N) is 2. The van der Waals surface area contributed by atoms with Crippen LogP contribution < -0.4 is 0 Å². The van der Waals surface area contributed by atoms with Crippen molar-refractivity contribution in [2.75, 3.05) is 54.5 Å². The first-order valence-corrected chi connectivity index (χ1v) is 8.55. The Morgan fingerprint density at radius 1 is 1.12 bits per heavy atom.